The van der Waals surface area contributed by atoms with Gasteiger partial charge in [-0.2, -0.15) is 5.10 Å². The summed E-state index contributed by atoms with van der Waals surface area (Å²) in [5, 5.41) is 7.44. The molecule has 2 N–H and O–H groups in total. The van der Waals surface area contributed by atoms with Gasteiger partial charge in [0.05, 0.1) is 31.6 Å². The van der Waals surface area contributed by atoms with Gasteiger partial charge in [-0.15, -0.1) is 11.3 Å². The molecule has 0 bridgehead atoms. The average molecular weight is 608 g/mol. The lowest BCUT2D eigenvalue weighted by atomic mass is 9.95. The Bertz CT molecular complexity index is 1470. The Labute approximate surface area is 255 Å². The van der Waals surface area contributed by atoms with Gasteiger partial charge >= 0.3 is 5.97 Å². The molecule has 2 aromatic carbocycles. The van der Waals surface area contributed by atoms with Crippen LogP contribution in [-0.4, -0.2) is 49.9 Å². The highest BCUT2D eigenvalue weighted by atomic mass is 32.1. The summed E-state index contributed by atoms with van der Waals surface area (Å²) in [5.74, 6) is 0.451. The summed E-state index contributed by atoms with van der Waals surface area (Å²) in [4.78, 5) is 39.4. The van der Waals surface area contributed by atoms with Gasteiger partial charge in [0.1, 0.15) is 10.8 Å². The largest absolute Gasteiger partial charge is 0.490 e. The van der Waals surface area contributed by atoms with Crippen molar-refractivity contribution in [3.8, 4) is 17.2 Å². The van der Waals surface area contributed by atoms with Crippen molar-refractivity contribution in [1.82, 2.24) is 5.43 Å². The average Bonchev–Trinajstić information content (AvgIpc) is 3.37. The fourth-order valence-corrected chi connectivity index (χ4v) is 5.87. The maximum atomic E-state index is 13.1. The smallest absolute Gasteiger partial charge is 0.341 e. The highest BCUT2D eigenvalue weighted by Gasteiger charge is 2.27. The number of hydrazone groups is 1. The van der Waals surface area contributed by atoms with E-state index < -0.39 is 18.0 Å². The summed E-state index contributed by atoms with van der Waals surface area (Å²) in [6.45, 7) is 8.43. The molecule has 1 aromatic heterocycles. The Kier molecular flexibility index (Phi) is 11.2. The van der Waals surface area contributed by atoms with Crippen LogP contribution >= 0.6 is 11.3 Å². The van der Waals surface area contributed by atoms with E-state index in [-0.39, 0.29) is 12.5 Å². The van der Waals surface area contributed by atoms with Crippen LogP contribution in [0.15, 0.2) is 47.6 Å². The molecule has 11 heteroatoms. The predicted octanol–water partition coefficient (Wildman–Crippen LogP) is 5.77. The van der Waals surface area contributed by atoms with E-state index in [0.717, 1.165) is 41.7 Å². The van der Waals surface area contributed by atoms with Crippen LogP contribution in [-0.2, 0) is 22.4 Å². The second-order valence-corrected chi connectivity index (χ2v) is 10.8. The van der Waals surface area contributed by atoms with E-state index >= 15 is 0 Å². The third-order valence-corrected chi connectivity index (χ3v) is 7.84. The quantitative estimate of drug-likeness (QED) is 0.144. The predicted molar refractivity (Wildman–Crippen MR) is 166 cm³/mol. The number of ether oxygens (including phenoxy) is 4. The van der Waals surface area contributed by atoms with Gasteiger partial charge in [-0.3, -0.25) is 9.59 Å². The van der Waals surface area contributed by atoms with Crippen molar-refractivity contribution in [3.05, 3.63) is 69.6 Å². The molecule has 10 nitrogen and oxygen atoms in total. The number of amides is 2. The van der Waals surface area contributed by atoms with Crippen molar-refractivity contribution < 1.29 is 33.3 Å². The minimum atomic E-state index is -0.847. The first-order valence-corrected chi connectivity index (χ1v) is 15.3. The van der Waals surface area contributed by atoms with E-state index in [9.17, 15) is 14.4 Å². The van der Waals surface area contributed by atoms with Crippen LogP contribution in [0.4, 0.5) is 5.00 Å². The normalized spacial score (nSPS) is 13.1. The molecular weight excluding hydrogens is 570 g/mol. The van der Waals surface area contributed by atoms with Crippen LogP contribution in [0.3, 0.4) is 0 Å². The van der Waals surface area contributed by atoms with Crippen molar-refractivity contribution in [2.45, 2.75) is 59.5 Å². The molecule has 1 atom stereocenters. The van der Waals surface area contributed by atoms with E-state index in [1.807, 2.05) is 19.9 Å². The molecule has 43 heavy (non-hydrogen) atoms. The number of rotatable bonds is 13. The van der Waals surface area contributed by atoms with Crippen LogP contribution in [0.25, 0.3) is 0 Å². The first-order valence-electron chi connectivity index (χ1n) is 14.5. The number of hydrogen-bond donors (Lipinski definition) is 2. The molecule has 1 aliphatic carbocycles. The third kappa shape index (κ3) is 8.13. The summed E-state index contributed by atoms with van der Waals surface area (Å²) >= 11 is 1.44. The van der Waals surface area contributed by atoms with Crippen molar-refractivity contribution in [2.24, 2.45) is 5.10 Å². The lowest BCUT2D eigenvalue weighted by Gasteiger charge is -2.14. The number of carbonyl (C=O) groups excluding carboxylic acids is 3. The van der Waals surface area contributed by atoms with Gasteiger partial charge < -0.3 is 24.3 Å². The fourth-order valence-electron chi connectivity index (χ4n) is 4.60. The summed E-state index contributed by atoms with van der Waals surface area (Å²) in [6, 6.07) is 11.8. The molecule has 0 fully saturated rings. The molecule has 0 radical (unpaired) electrons. The Morgan fingerprint density at radius 1 is 0.953 bits per heavy atom. The Hall–Kier alpha value is -4.38. The van der Waals surface area contributed by atoms with Gasteiger partial charge in [0.15, 0.2) is 17.6 Å². The van der Waals surface area contributed by atoms with Crippen molar-refractivity contribution in [2.75, 3.05) is 25.1 Å². The zero-order valence-electron chi connectivity index (χ0n) is 24.9. The van der Waals surface area contributed by atoms with E-state index in [2.05, 4.69) is 15.8 Å². The highest BCUT2D eigenvalue weighted by Crippen LogP contribution is 2.39. The van der Waals surface area contributed by atoms with Crippen LogP contribution in [0.5, 0.6) is 17.2 Å². The van der Waals surface area contributed by atoms with Crippen molar-refractivity contribution in [1.29, 1.82) is 0 Å². The number of thiophene rings is 1. The van der Waals surface area contributed by atoms with Crippen LogP contribution in [0.2, 0.25) is 0 Å². The molecule has 4 rings (SSSR count). The fraction of sp³-hybridized carbons (Fsp3) is 0.375. The van der Waals surface area contributed by atoms with Gasteiger partial charge in [0, 0.05) is 10.4 Å². The molecule has 2 amide bonds. The highest BCUT2D eigenvalue weighted by molar-refractivity contribution is 7.17. The molecular formula is C32H37N3O7S. The lowest BCUT2D eigenvalue weighted by Crippen LogP contribution is -2.33. The number of carbonyl (C=O) groups is 3. The number of nitrogens with zero attached hydrogens (tertiary/aromatic N) is 1. The Balaban J connectivity index is 1.34. The summed E-state index contributed by atoms with van der Waals surface area (Å²) in [6.07, 6.45) is 4.42. The van der Waals surface area contributed by atoms with Crippen molar-refractivity contribution in [3.63, 3.8) is 0 Å². The summed E-state index contributed by atoms with van der Waals surface area (Å²) in [5.41, 5.74) is 5.04. The van der Waals surface area contributed by atoms with E-state index in [1.54, 1.807) is 50.2 Å². The zero-order valence-corrected chi connectivity index (χ0v) is 25.7. The maximum absolute atomic E-state index is 13.1. The van der Waals surface area contributed by atoms with E-state index in [0.29, 0.717) is 46.6 Å². The molecule has 228 valence electrons. The number of anilines is 1. The Morgan fingerprint density at radius 2 is 1.67 bits per heavy atom. The molecule has 0 saturated heterocycles. The number of esters is 1. The first kappa shape index (κ1) is 31.6. The van der Waals surface area contributed by atoms with E-state index in [1.165, 1.54) is 17.6 Å². The third-order valence-electron chi connectivity index (χ3n) is 6.63. The molecule has 1 heterocycles. The lowest BCUT2D eigenvalue weighted by molar-refractivity contribution is -0.127. The van der Waals surface area contributed by atoms with Gasteiger partial charge in [-0.05, 0) is 107 Å². The number of fused-ring (bicyclic) bond motifs is 1. The number of nitrogens with one attached hydrogen (secondary N) is 2. The SMILES string of the molecule is CCOC(=O)c1c(NC(=O)c2ccc(OC(C)C(=O)N/N=C/c3ccc(OCC)c(OCC)c3)cc2)sc2c1CCCC2. The van der Waals surface area contributed by atoms with Crippen LogP contribution < -0.4 is 25.0 Å². The second-order valence-electron chi connectivity index (χ2n) is 9.68. The monoisotopic (exact) mass is 607 g/mol. The zero-order chi connectivity index (χ0) is 30.8. The van der Waals surface area contributed by atoms with Crippen LogP contribution in [0, 0.1) is 0 Å². The second kappa shape index (κ2) is 15.2. The number of hydrogen-bond acceptors (Lipinski definition) is 9. The van der Waals surface area contributed by atoms with E-state index in [4.69, 9.17) is 18.9 Å². The molecule has 0 spiro atoms. The molecule has 0 aliphatic heterocycles. The Morgan fingerprint density at radius 3 is 2.40 bits per heavy atom. The van der Waals surface area contributed by atoms with Gasteiger partial charge in [-0.25, -0.2) is 10.2 Å². The number of benzene rings is 2. The minimum Gasteiger partial charge on any atom is -0.490 e. The van der Waals surface area contributed by atoms with Crippen LogP contribution in [0.1, 0.15) is 77.3 Å². The minimum absolute atomic E-state index is 0.263. The topological polar surface area (TPSA) is 125 Å². The van der Waals surface area contributed by atoms with Gasteiger partial charge in [0.2, 0.25) is 0 Å². The molecule has 0 saturated carbocycles. The molecule has 1 unspecified atom stereocenters. The van der Waals surface area contributed by atoms with Gasteiger partial charge in [-0.1, -0.05) is 0 Å². The number of aryl methyl sites for hydroxylation is 1. The van der Waals surface area contributed by atoms with Crippen molar-refractivity contribution >= 4 is 40.3 Å². The molecule has 1 aliphatic rings. The summed E-state index contributed by atoms with van der Waals surface area (Å²) < 4.78 is 22.2. The van der Waals surface area contributed by atoms with Gasteiger partial charge in [0.25, 0.3) is 11.8 Å². The maximum Gasteiger partial charge on any atom is 0.341 e. The standard InChI is InChI=1S/C32H37N3O7S/c1-5-39-25-17-12-21(18-26(25)40-6-2)19-33-35-29(36)20(4)42-23-15-13-22(14-16-23)30(37)34-31-28(32(38)41-7-3)24-10-8-9-11-27(24)43-31/h12-20H,5-11H2,1-4H3,(H,34,37)(H,35,36)/b33-19+. The molecule has 3 aromatic rings. The summed E-state index contributed by atoms with van der Waals surface area (Å²) in [7, 11) is 0. The first-order chi connectivity index (χ1) is 20.8.